The van der Waals surface area contributed by atoms with E-state index < -0.39 is 0 Å². The molecule has 2 nitrogen and oxygen atoms in total. The Hall–Kier alpha value is -0.500. The van der Waals surface area contributed by atoms with Crippen LogP contribution in [-0.2, 0) is 6.42 Å². The molecule has 0 saturated carbocycles. The Morgan fingerprint density at radius 2 is 1.21 bits per heavy atom. The van der Waals surface area contributed by atoms with E-state index in [0.29, 0.717) is 0 Å². The van der Waals surface area contributed by atoms with Crippen LogP contribution in [0.15, 0.2) is 36.4 Å². The Kier molecular flexibility index (Phi) is 5.32. The summed E-state index contributed by atoms with van der Waals surface area (Å²) in [5.41, 5.74) is 2.54. The van der Waals surface area contributed by atoms with Crippen LogP contribution in [0.4, 0.5) is 0 Å². The molecule has 0 N–H and O–H groups in total. The standard InChI is InChI=1S/C15H14I2O2/c1-18-12-3-5-14(16)10(8-12)7-11-9-13(19-2)4-6-15(11)17/h3-6,8-9H,7H2,1-2H3. The second kappa shape index (κ2) is 6.78. The van der Waals surface area contributed by atoms with Crippen molar-refractivity contribution in [2.75, 3.05) is 14.2 Å². The van der Waals surface area contributed by atoms with Crippen LogP contribution in [0, 0.1) is 7.14 Å². The topological polar surface area (TPSA) is 18.5 Å². The molecule has 0 fully saturated rings. The van der Waals surface area contributed by atoms with Gasteiger partial charge in [-0.25, -0.2) is 0 Å². The highest BCUT2D eigenvalue weighted by Gasteiger charge is 2.07. The summed E-state index contributed by atoms with van der Waals surface area (Å²) in [6.45, 7) is 0. The number of halogens is 2. The van der Waals surface area contributed by atoms with E-state index in [1.807, 2.05) is 12.1 Å². The van der Waals surface area contributed by atoms with Gasteiger partial charge in [0.2, 0.25) is 0 Å². The minimum atomic E-state index is 0.880. The molecule has 0 aliphatic rings. The van der Waals surface area contributed by atoms with Crippen LogP contribution in [0.2, 0.25) is 0 Å². The molecule has 0 heterocycles. The van der Waals surface area contributed by atoms with Gasteiger partial charge in [0.1, 0.15) is 11.5 Å². The third kappa shape index (κ3) is 3.75. The number of benzene rings is 2. The van der Waals surface area contributed by atoms with Gasteiger partial charge in [-0.1, -0.05) is 0 Å². The van der Waals surface area contributed by atoms with Crippen molar-refractivity contribution in [3.05, 3.63) is 54.7 Å². The molecule has 0 aliphatic heterocycles. The van der Waals surface area contributed by atoms with Gasteiger partial charge >= 0.3 is 0 Å². The summed E-state index contributed by atoms with van der Waals surface area (Å²) in [7, 11) is 3.39. The molecule has 0 atom stereocenters. The molecular weight excluding hydrogens is 466 g/mol. The SMILES string of the molecule is COc1ccc(I)c(Cc2cc(OC)ccc2I)c1. The Labute approximate surface area is 140 Å². The van der Waals surface area contributed by atoms with Crippen molar-refractivity contribution in [2.24, 2.45) is 0 Å². The maximum atomic E-state index is 5.29. The lowest BCUT2D eigenvalue weighted by Crippen LogP contribution is -1.96. The van der Waals surface area contributed by atoms with Crippen molar-refractivity contribution >= 4 is 45.2 Å². The lowest BCUT2D eigenvalue weighted by atomic mass is 10.0. The molecule has 0 aromatic heterocycles. The molecule has 4 heteroatoms. The van der Waals surface area contributed by atoms with E-state index in [0.717, 1.165) is 17.9 Å². The van der Waals surface area contributed by atoms with Crippen LogP contribution in [0.1, 0.15) is 11.1 Å². The molecule has 19 heavy (non-hydrogen) atoms. The summed E-state index contributed by atoms with van der Waals surface area (Å²) < 4.78 is 13.1. The second-order valence-electron chi connectivity index (χ2n) is 4.09. The molecule has 0 aliphatic carbocycles. The Bertz CT molecular complexity index is 531. The molecule has 100 valence electrons. The molecule has 2 aromatic carbocycles. The Balaban J connectivity index is 2.35. The van der Waals surface area contributed by atoms with Crippen LogP contribution in [0.3, 0.4) is 0 Å². The summed E-state index contributed by atoms with van der Waals surface area (Å²) in [5.74, 6) is 1.79. The predicted molar refractivity (Wildman–Crippen MR) is 94.2 cm³/mol. The molecule has 0 saturated heterocycles. The van der Waals surface area contributed by atoms with Gasteiger partial charge in [-0.15, -0.1) is 0 Å². The average molecular weight is 480 g/mol. The first kappa shape index (κ1) is 14.9. The van der Waals surface area contributed by atoms with Crippen molar-refractivity contribution < 1.29 is 9.47 Å². The quantitative estimate of drug-likeness (QED) is 0.601. The van der Waals surface area contributed by atoms with Gasteiger partial charge in [0.15, 0.2) is 0 Å². The van der Waals surface area contributed by atoms with Crippen molar-refractivity contribution in [1.29, 1.82) is 0 Å². The normalized spacial score (nSPS) is 10.3. The van der Waals surface area contributed by atoms with E-state index >= 15 is 0 Å². The zero-order valence-electron chi connectivity index (χ0n) is 10.7. The molecular formula is C15H14I2O2. The Morgan fingerprint density at radius 3 is 1.58 bits per heavy atom. The fourth-order valence-corrected chi connectivity index (χ4v) is 2.88. The molecule has 0 amide bonds. The van der Waals surface area contributed by atoms with Gasteiger partial charge in [-0.05, 0) is 99.1 Å². The number of hydrogen-bond donors (Lipinski definition) is 0. The molecule has 0 bridgehead atoms. The summed E-state index contributed by atoms with van der Waals surface area (Å²) >= 11 is 4.72. The predicted octanol–water partition coefficient (Wildman–Crippen LogP) is 4.50. The number of rotatable bonds is 4. The van der Waals surface area contributed by atoms with E-state index in [1.165, 1.54) is 18.3 Å². The first-order valence-corrected chi connectivity index (χ1v) is 7.94. The number of ether oxygens (including phenoxy) is 2. The molecule has 0 radical (unpaired) electrons. The van der Waals surface area contributed by atoms with E-state index in [2.05, 4.69) is 69.4 Å². The smallest absolute Gasteiger partial charge is 0.119 e. The lowest BCUT2D eigenvalue weighted by Gasteiger charge is -2.10. The minimum Gasteiger partial charge on any atom is -0.497 e. The van der Waals surface area contributed by atoms with Crippen LogP contribution in [-0.4, -0.2) is 14.2 Å². The zero-order chi connectivity index (χ0) is 13.8. The van der Waals surface area contributed by atoms with Crippen molar-refractivity contribution in [1.82, 2.24) is 0 Å². The van der Waals surface area contributed by atoms with Crippen molar-refractivity contribution in [3.63, 3.8) is 0 Å². The summed E-state index contributed by atoms with van der Waals surface area (Å²) in [4.78, 5) is 0. The van der Waals surface area contributed by atoms with Gasteiger partial charge in [0.25, 0.3) is 0 Å². The first-order valence-electron chi connectivity index (χ1n) is 5.79. The third-order valence-corrected chi connectivity index (χ3v) is 4.99. The third-order valence-electron chi connectivity index (χ3n) is 2.89. The monoisotopic (exact) mass is 480 g/mol. The van der Waals surface area contributed by atoms with Crippen molar-refractivity contribution in [2.45, 2.75) is 6.42 Å². The van der Waals surface area contributed by atoms with Gasteiger partial charge in [0.05, 0.1) is 14.2 Å². The maximum Gasteiger partial charge on any atom is 0.119 e. The van der Waals surface area contributed by atoms with Crippen molar-refractivity contribution in [3.8, 4) is 11.5 Å². The second-order valence-corrected chi connectivity index (χ2v) is 6.42. The van der Waals surface area contributed by atoms with Gasteiger partial charge in [0, 0.05) is 7.14 Å². The summed E-state index contributed by atoms with van der Waals surface area (Å²) in [6.07, 6.45) is 0.880. The van der Waals surface area contributed by atoms with Crippen LogP contribution >= 0.6 is 45.2 Å². The number of methoxy groups -OCH3 is 2. The Morgan fingerprint density at radius 1 is 0.789 bits per heavy atom. The highest BCUT2D eigenvalue weighted by atomic mass is 127. The van der Waals surface area contributed by atoms with Gasteiger partial charge in [-0.2, -0.15) is 0 Å². The molecule has 2 aromatic rings. The highest BCUT2D eigenvalue weighted by Crippen LogP contribution is 2.26. The largest absolute Gasteiger partial charge is 0.497 e. The van der Waals surface area contributed by atoms with Crippen LogP contribution in [0.5, 0.6) is 11.5 Å². The van der Waals surface area contributed by atoms with E-state index in [9.17, 15) is 0 Å². The lowest BCUT2D eigenvalue weighted by molar-refractivity contribution is 0.413. The number of hydrogen-bond acceptors (Lipinski definition) is 2. The van der Waals surface area contributed by atoms with Gasteiger partial charge in [-0.3, -0.25) is 0 Å². The summed E-state index contributed by atoms with van der Waals surface area (Å²) in [6, 6.07) is 12.3. The highest BCUT2D eigenvalue weighted by molar-refractivity contribution is 14.1. The van der Waals surface area contributed by atoms with Crippen LogP contribution in [0.25, 0.3) is 0 Å². The maximum absolute atomic E-state index is 5.29. The zero-order valence-corrected chi connectivity index (χ0v) is 15.1. The molecule has 0 spiro atoms. The fraction of sp³-hybridized carbons (Fsp3) is 0.200. The van der Waals surface area contributed by atoms with E-state index in [1.54, 1.807) is 14.2 Å². The average Bonchev–Trinajstić information content (AvgIpc) is 2.43. The van der Waals surface area contributed by atoms with E-state index in [-0.39, 0.29) is 0 Å². The fourth-order valence-electron chi connectivity index (χ4n) is 1.83. The van der Waals surface area contributed by atoms with Gasteiger partial charge < -0.3 is 9.47 Å². The van der Waals surface area contributed by atoms with Crippen LogP contribution < -0.4 is 9.47 Å². The van der Waals surface area contributed by atoms with E-state index in [4.69, 9.17) is 9.47 Å². The summed E-state index contributed by atoms with van der Waals surface area (Å²) in [5, 5.41) is 0. The molecule has 0 unspecified atom stereocenters. The first-order chi connectivity index (χ1) is 9.13. The minimum absolute atomic E-state index is 0.880. The molecule has 2 rings (SSSR count).